The Morgan fingerprint density at radius 1 is 1.43 bits per heavy atom. The van der Waals surface area contributed by atoms with Gasteiger partial charge in [-0.25, -0.2) is 4.98 Å². The topological polar surface area (TPSA) is 60.2 Å². The number of benzene rings is 1. The maximum absolute atomic E-state index is 5.90. The van der Waals surface area contributed by atoms with Crippen molar-refractivity contribution in [1.82, 2.24) is 4.98 Å². The van der Waals surface area contributed by atoms with E-state index in [4.69, 9.17) is 22.7 Å². The molecular weight excluding hydrogens is 282 g/mol. The van der Waals surface area contributed by atoms with Crippen LogP contribution in [0.1, 0.15) is 16.8 Å². The molecule has 0 spiro atoms. The van der Waals surface area contributed by atoms with Crippen LogP contribution in [0, 0.1) is 6.92 Å². The number of nitrogens with zero attached hydrogens (tertiary/aromatic N) is 1. The molecule has 2 aromatic rings. The monoisotopic (exact) mass is 299 g/mol. The summed E-state index contributed by atoms with van der Waals surface area (Å²) in [5.41, 5.74) is 8.65. The Hall–Kier alpha value is -2.14. The third kappa shape index (κ3) is 3.13. The summed E-state index contributed by atoms with van der Waals surface area (Å²) >= 11 is 5.02. The van der Waals surface area contributed by atoms with Crippen molar-refractivity contribution < 1.29 is 4.74 Å². The maximum atomic E-state index is 5.90. The van der Waals surface area contributed by atoms with Gasteiger partial charge in [0.15, 0.2) is 0 Å². The maximum Gasteiger partial charge on any atom is 0.127 e. The van der Waals surface area contributed by atoms with Crippen LogP contribution in [0.15, 0.2) is 36.4 Å². The van der Waals surface area contributed by atoms with Crippen LogP contribution in [0.4, 0.5) is 5.82 Å². The third-order valence-electron chi connectivity index (χ3n) is 3.46. The normalized spacial score (nSPS) is 16.1. The van der Waals surface area contributed by atoms with Crippen LogP contribution >= 0.6 is 12.2 Å². The summed E-state index contributed by atoms with van der Waals surface area (Å²) in [6.45, 7) is 2.62. The lowest BCUT2D eigenvalue weighted by Gasteiger charge is -2.13. The first-order valence-corrected chi connectivity index (χ1v) is 7.29. The summed E-state index contributed by atoms with van der Waals surface area (Å²) < 4.78 is 5.90. The van der Waals surface area contributed by atoms with Gasteiger partial charge in [0.2, 0.25) is 0 Å². The number of pyridine rings is 1. The van der Waals surface area contributed by atoms with E-state index in [1.54, 1.807) is 0 Å². The minimum atomic E-state index is 0.123. The lowest BCUT2D eigenvalue weighted by Crippen LogP contribution is -2.24. The lowest BCUT2D eigenvalue weighted by molar-refractivity contribution is 0.246. The van der Waals surface area contributed by atoms with Gasteiger partial charge in [-0.2, -0.15) is 0 Å². The number of para-hydroxylation sites is 1. The van der Waals surface area contributed by atoms with Gasteiger partial charge in [0.25, 0.3) is 0 Å². The number of rotatable bonds is 4. The fourth-order valence-corrected chi connectivity index (χ4v) is 2.61. The van der Waals surface area contributed by atoms with Crippen LogP contribution in [-0.4, -0.2) is 22.6 Å². The van der Waals surface area contributed by atoms with E-state index in [1.807, 2.05) is 37.3 Å². The molecule has 1 aliphatic rings. The molecule has 1 aliphatic heterocycles. The summed E-state index contributed by atoms with van der Waals surface area (Å²) in [6, 6.07) is 11.9. The zero-order valence-corrected chi connectivity index (χ0v) is 12.6. The fourth-order valence-electron chi connectivity index (χ4n) is 2.49. The number of thiocarbonyl (C=S) groups is 1. The standard InChI is InChI=1S/C16H17N3OS/c1-10-6-12(16(17)21)8-15(19-10)18-9-13-7-11-4-2-3-5-14(11)20-13/h2-6,8,13H,7,9H2,1H3,(H2,17,21)(H,18,19). The quantitative estimate of drug-likeness (QED) is 0.849. The van der Waals surface area contributed by atoms with Crippen molar-refractivity contribution in [2.24, 2.45) is 5.73 Å². The van der Waals surface area contributed by atoms with E-state index in [1.165, 1.54) is 5.56 Å². The molecule has 21 heavy (non-hydrogen) atoms. The van der Waals surface area contributed by atoms with Crippen LogP contribution in [-0.2, 0) is 6.42 Å². The summed E-state index contributed by atoms with van der Waals surface area (Å²) in [4.78, 5) is 4.83. The van der Waals surface area contributed by atoms with Crippen LogP contribution < -0.4 is 15.8 Å². The van der Waals surface area contributed by atoms with Crippen LogP contribution in [0.3, 0.4) is 0 Å². The van der Waals surface area contributed by atoms with Gasteiger partial charge in [-0.15, -0.1) is 0 Å². The molecule has 0 saturated heterocycles. The van der Waals surface area contributed by atoms with Crippen molar-refractivity contribution in [3.63, 3.8) is 0 Å². The lowest BCUT2D eigenvalue weighted by atomic mass is 10.1. The van der Waals surface area contributed by atoms with Crippen molar-refractivity contribution in [2.75, 3.05) is 11.9 Å². The number of ether oxygens (including phenoxy) is 1. The van der Waals surface area contributed by atoms with Crippen LogP contribution in [0.2, 0.25) is 0 Å². The average Bonchev–Trinajstić information content (AvgIpc) is 2.87. The van der Waals surface area contributed by atoms with Crippen molar-refractivity contribution in [2.45, 2.75) is 19.4 Å². The molecule has 0 aliphatic carbocycles. The Balaban J connectivity index is 1.65. The number of fused-ring (bicyclic) bond motifs is 1. The minimum Gasteiger partial charge on any atom is -0.488 e. The fraction of sp³-hybridized carbons (Fsp3) is 0.250. The molecule has 0 bridgehead atoms. The molecule has 2 heterocycles. The summed E-state index contributed by atoms with van der Waals surface area (Å²) in [5, 5.41) is 3.31. The Morgan fingerprint density at radius 3 is 3.00 bits per heavy atom. The molecule has 3 rings (SSSR count). The molecule has 3 N–H and O–H groups in total. The van der Waals surface area contributed by atoms with Crippen molar-refractivity contribution in [3.8, 4) is 5.75 Å². The molecule has 108 valence electrons. The SMILES string of the molecule is Cc1cc(C(N)=S)cc(NCC2Cc3ccccc3O2)n1. The van der Waals surface area contributed by atoms with Gasteiger partial charge in [0.05, 0.1) is 6.54 Å². The molecule has 1 unspecified atom stereocenters. The highest BCUT2D eigenvalue weighted by Gasteiger charge is 2.22. The molecule has 0 radical (unpaired) electrons. The molecule has 0 saturated carbocycles. The van der Waals surface area contributed by atoms with E-state index in [0.29, 0.717) is 11.5 Å². The number of nitrogens with two attached hydrogens (primary N) is 1. The van der Waals surface area contributed by atoms with Gasteiger partial charge < -0.3 is 15.8 Å². The van der Waals surface area contributed by atoms with Gasteiger partial charge in [0, 0.05) is 17.7 Å². The van der Waals surface area contributed by atoms with E-state index in [2.05, 4.69) is 16.4 Å². The smallest absolute Gasteiger partial charge is 0.127 e. The second-order valence-electron chi connectivity index (χ2n) is 5.18. The Labute approximate surface area is 129 Å². The third-order valence-corrected chi connectivity index (χ3v) is 3.70. The number of aromatic nitrogens is 1. The zero-order valence-electron chi connectivity index (χ0n) is 11.8. The molecule has 5 heteroatoms. The summed E-state index contributed by atoms with van der Waals surface area (Å²) in [5.74, 6) is 1.75. The average molecular weight is 299 g/mol. The highest BCUT2D eigenvalue weighted by Crippen LogP contribution is 2.28. The molecule has 1 aromatic heterocycles. The van der Waals surface area contributed by atoms with Gasteiger partial charge in [0.1, 0.15) is 22.7 Å². The van der Waals surface area contributed by atoms with E-state index >= 15 is 0 Å². The second-order valence-corrected chi connectivity index (χ2v) is 5.62. The molecular formula is C16H17N3OS. The van der Waals surface area contributed by atoms with Crippen molar-refractivity contribution in [1.29, 1.82) is 0 Å². The molecule has 1 aromatic carbocycles. The Kier molecular flexibility index (Phi) is 3.75. The predicted molar refractivity (Wildman–Crippen MR) is 87.9 cm³/mol. The van der Waals surface area contributed by atoms with Gasteiger partial charge in [-0.05, 0) is 30.7 Å². The number of hydrogen-bond donors (Lipinski definition) is 2. The number of nitrogens with one attached hydrogen (secondary N) is 1. The van der Waals surface area contributed by atoms with Gasteiger partial charge >= 0.3 is 0 Å². The number of hydrogen-bond acceptors (Lipinski definition) is 4. The van der Waals surface area contributed by atoms with Crippen molar-refractivity contribution >= 4 is 23.0 Å². The van der Waals surface area contributed by atoms with E-state index in [9.17, 15) is 0 Å². The highest BCUT2D eigenvalue weighted by molar-refractivity contribution is 7.80. The molecule has 0 amide bonds. The Morgan fingerprint density at radius 2 is 2.24 bits per heavy atom. The molecule has 1 atom stereocenters. The second kappa shape index (κ2) is 5.69. The van der Waals surface area contributed by atoms with Gasteiger partial charge in [-0.1, -0.05) is 30.4 Å². The zero-order chi connectivity index (χ0) is 14.8. The largest absolute Gasteiger partial charge is 0.488 e. The number of anilines is 1. The first-order valence-electron chi connectivity index (χ1n) is 6.89. The first kappa shape index (κ1) is 13.8. The van der Waals surface area contributed by atoms with Crippen LogP contribution in [0.5, 0.6) is 5.75 Å². The van der Waals surface area contributed by atoms with E-state index in [0.717, 1.165) is 29.2 Å². The van der Waals surface area contributed by atoms with E-state index in [-0.39, 0.29) is 6.10 Å². The highest BCUT2D eigenvalue weighted by atomic mass is 32.1. The molecule has 0 fully saturated rings. The van der Waals surface area contributed by atoms with Crippen LogP contribution in [0.25, 0.3) is 0 Å². The first-order chi connectivity index (χ1) is 10.1. The molecule has 4 nitrogen and oxygen atoms in total. The predicted octanol–water partition coefficient (Wildman–Crippen LogP) is 2.44. The Bertz CT molecular complexity index is 662. The van der Waals surface area contributed by atoms with Crippen molar-refractivity contribution in [3.05, 3.63) is 53.2 Å². The summed E-state index contributed by atoms with van der Waals surface area (Å²) in [6.07, 6.45) is 1.04. The van der Waals surface area contributed by atoms with Gasteiger partial charge in [-0.3, -0.25) is 0 Å². The number of aryl methyl sites for hydroxylation is 1. The van der Waals surface area contributed by atoms with E-state index < -0.39 is 0 Å². The minimum absolute atomic E-state index is 0.123. The summed E-state index contributed by atoms with van der Waals surface area (Å²) in [7, 11) is 0.